The van der Waals surface area contributed by atoms with Crippen LogP contribution in [0.5, 0.6) is 0 Å². The Hall–Kier alpha value is -0.930. The van der Waals surface area contributed by atoms with Gasteiger partial charge in [-0.3, -0.25) is 0 Å². The average molecular weight is 281 g/mol. The molecule has 98 valence electrons. The molecule has 0 amide bonds. The van der Waals surface area contributed by atoms with E-state index in [1.807, 2.05) is 0 Å². The SMILES string of the molecule is CC(C)S(=O)(=O)CCn1cnc(S(N)(=O)=O)c1. The Labute approximate surface area is 101 Å². The lowest BCUT2D eigenvalue weighted by Gasteiger charge is -2.07. The maximum atomic E-state index is 11.5. The van der Waals surface area contributed by atoms with Crippen LogP contribution in [-0.4, -0.2) is 37.4 Å². The van der Waals surface area contributed by atoms with Crippen LogP contribution in [0.4, 0.5) is 0 Å². The molecule has 0 spiro atoms. The molecule has 1 rings (SSSR count). The van der Waals surface area contributed by atoms with Crippen LogP contribution in [0.25, 0.3) is 0 Å². The second-order valence-corrected chi connectivity index (χ2v) is 8.10. The molecule has 0 aliphatic heterocycles. The van der Waals surface area contributed by atoms with Gasteiger partial charge in [0.15, 0.2) is 14.9 Å². The lowest BCUT2D eigenvalue weighted by atomic mass is 10.6. The number of sulfonamides is 1. The highest BCUT2D eigenvalue weighted by Gasteiger charge is 2.17. The van der Waals surface area contributed by atoms with Crippen molar-refractivity contribution >= 4 is 19.9 Å². The third-order valence-corrected chi connectivity index (χ3v) is 5.24. The molecule has 9 heteroatoms. The number of aryl methyl sites for hydroxylation is 1. The third kappa shape index (κ3) is 3.79. The zero-order valence-corrected chi connectivity index (χ0v) is 11.2. The van der Waals surface area contributed by atoms with Gasteiger partial charge in [-0.1, -0.05) is 0 Å². The summed E-state index contributed by atoms with van der Waals surface area (Å²) in [5, 5.41) is 4.16. The maximum absolute atomic E-state index is 11.5. The number of sulfone groups is 1. The van der Waals surface area contributed by atoms with Gasteiger partial charge in [-0.25, -0.2) is 27.0 Å². The van der Waals surface area contributed by atoms with E-state index in [4.69, 9.17) is 5.14 Å². The normalized spacial score (nSPS) is 13.2. The van der Waals surface area contributed by atoms with Gasteiger partial charge in [-0.15, -0.1) is 0 Å². The molecule has 7 nitrogen and oxygen atoms in total. The Bertz CT molecular complexity index is 586. The monoisotopic (exact) mass is 281 g/mol. The number of primary sulfonamides is 1. The zero-order valence-electron chi connectivity index (χ0n) is 9.57. The van der Waals surface area contributed by atoms with Gasteiger partial charge in [0.2, 0.25) is 0 Å². The first-order valence-electron chi connectivity index (χ1n) is 4.89. The first kappa shape index (κ1) is 14.1. The van der Waals surface area contributed by atoms with Gasteiger partial charge in [0, 0.05) is 12.7 Å². The Balaban J connectivity index is 2.76. The molecule has 0 aliphatic carbocycles. The summed E-state index contributed by atoms with van der Waals surface area (Å²) in [6.07, 6.45) is 2.46. The number of imidazole rings is 1. The number of nitrogens with two attached hydrogens (primary N) is 1. The molecule has 0 radical (unpaired) electrons. The van der Waals surface area contributed by atoms with E-state index in [9.17, 15) is 16.8 Å². The van der Waals surface area contributed by atoms with Gasteiger partial charge >= 0.3 is 0 Å². The molecular weight excluding hydrogens is 266 g/mol. The van der Waals surface area contributed by atoms with E-state index in [1.165, 1.54) is 17.1 Å². The molecule has 0 bridgehead atoms. The standard InChI is InChI=1S/C8H15N3O4S2/c1-7(2)16(12,13)4-3-11-5-8(10-6-11)17(9,14)15/h5-7H,3-4H2,1-2H3,(H2,9,14,15). The van der Waals surface area contributed by atoms with Crippen LogP contribution in [0, 0.1) is 0 Å². The summed E-state index contributed by atoms with van der Waals surface area (Å²) in [7, 11) is -6.99. The predicted molar refractivity (Wildman–Crippen MR) is 62.5 cm³/mol. The Morgan fingerprint density at radius 2 is 1.94 bits per heavy atom. The summed E-state index contributed by atoms with van der Waals surface area (Å²) < 4.78 is 46.3. The van der Waals surface area contributed by atoms with Crippen LogP contribution in [-0.2, 0) is 26.4 Å². The third-order valence-electron chi connectivity index (χ3n) is 2.25. The Morgan fingerprint density at radius 1 is 1.35 bits per heavy atom. The lowest BCUT2D eigenvalue weighted by Crippen LogP contribution is -2.20. The minimum Gasteiger partial charge on any atom is -0.335 e. The fourth-order valence-corrected chi connectivity index (χ4v) is 2.49. The van der Waals surface area contributed by atoms with E-state index >= 15 is 0 Å². The molecule has 0 aromatic carbocycles. The number of aromatic nitrogens is 2. The van der Waals surface area contributed by atoms with E-state index < -0.39 is 25.1 Å². The molecule has 0 aliphatic rings. The van der Waals surface area contributed by atoms with Crippen LogP contribution >= 0.6 is 0 Å². The van der Waals surface area contributed by atoms with Gasteiger partial charge in [0.25, 0.3) is 10.0 Å². The fraction of sp³-hybridized carbons (Fsp3) is 0.625. The topological polar surface area (TPSA) is 112 Å². The Kier molecular flexibility index (Phi) is 3.95. The largest absolute Gasteiger partial charge is 0.335 e. The molecule has 0 saturated heterocycles. The van der Waals surface area contributed by atoms with Gasteiger partial charge in [-0.05, 0) is 13.8 Å². The molecule has 0 saturated carbocycles. The van der Waals surface area contributed by atoms with E-state index in [0.717, 1.165) is 0 Å². The van der Waals surface area contributed by atoms with Gasteiger partial charge in [0.05, 0.1) is 17.3 Å². The molecule has 1 heterocycles. The number of rotatable bonds is 5. The fourth-order valence-electron chi connectivity index (χ4n) is 1.08. The van der Waals surface area contributed by atoms with Gasteiger partial charge < -0.3 is 4.57 Å². The van der Waals surface area contributed by atoms with Crippen molar-refractivity contribution in [2.45, 2.75) is 30.7 Å². The highest BCUT2D eigenvalue weighted by atomic mass is 32.2. The van der Waals surface area contributed by atoms with Crippen LogP contribution in [0.1, 0.15) is 13.8 Å². The molecule has 17 heavy (non-hydrogen) atoms. The lowest BCUT2D eigenvalue weighted by molar-refractivity contribution is 0.580. The van der Waals surface area contributed by atoms with Crippen LogP contribution < -0.4 is 5.14 Å². The van der Waals surface area contributed by atoms with E-state index in [1.54, 1.807) is 13.8 Å². The van der Waals surface area contributed by atoms with Crippen molar-refractivity contribution in [3.05, 3.63) is 12.5 Å². The number of nitrogens with zero attached hydrogens (tertiary/aromatic N) is 2. The molecule has 1 aromatic heterocycles. The summed E-state index contributed by atoms with van der Waals surface area (Å²) in [6.45, 7) is 3.35. The number of hydrogen-bond donors (Lipinski definition) is 1. The van der Waals surface area contributed by atoms with Crippen LogP contribution in [0.15, 0.2) is 17.6 Å². The van der Waals surface area contributed by atoms with E-state index in [2.05, 4.69) is 4.98 Å². The minimum atomic E-state index is -3.83. The summed E-state index contributed by atoms with van der Waals surface area (Å²) in [5.41, 5.74) is 0. The van der Waals surface area contributed by atoms with Gasteiger partial charge in [0.1, 0.15) is 0 Å². The van der Waals surface area contributed by atoms with Crippen molar-refractivity contribution in [2.24, 2.45) is 5.14 Å². The highest BCUT2D eigenvalue weighted by molar-refractivity contribution is 7.91. The van der Waals surface area contributed by atoms with Crippen molar-refractivity contribution < 1.29 is 16.8 Å². The average Bonchev–Trinajstić information content (AvgIpc) is 2.62. The summed E-state index contributed by atoms with van der Waals surface area (Å²) in [6, 6.07) is 0. The molecule has 0 atom stereocenters. The van der Waals surface area contributed by atoms with E-state index in [-0.39, 0.29) is 17.3 Å². The van der Waals surface area contributed by atoms with Crippen molar-refractivity contribution in [1.29, 1.82) is 0 Å². The maximum Gasteiger partial charge on any atom is 0.257 e. The first-order chi connectivity index (χ1) is 7.63. The highest BCUT2D eigenvalue weighted by Crippen LogP contribution is 2.05. The summed E-state index contributed by atoms with van der Waals surface area (Å²) in [4.78, 5) is 3.59. The second kappa shape index (κ2) is 4.75. The molecule has 0 fully saturated rings. The van der Waals surface area contributed by atoms with Crippen molar-refractivity contribution in [3.8, 4) is 0 Å². The smallest absolute Gasteiger partial charge is 0.257 e. The second-order valence-electron chi connectivity index (χ2n) is 3.91. The molecule has 1 aromatic rings. The van der Waals surface area contributed by atoms with Crippen molar-refractivity contribution in [3.63, 3.8) is 0 Å². The Morgan fingerprint density at radius 3 is 2.35 bits per heavy atom. The quantitative estimate of drug-likeness (QED) is 0.771. The predicted octanol–water partition coefficient (Wildman–Crippen LogP) is -0.646. The molecule has 0 unspecified atom stereocenters. The molecule has 2 N–H and O–H groups in total. The van der Waals surface area contributed by atoms with Crippen LogP contribution in [0.3, 0.4) is 0 Å². The van der Waals surface area contributed by atoms with Crippen LogP contribution in [0.2, 0.25) is 0 Å². The summed E-state index contributed by atoms with van der Waals surface area (Å²) in [5.74, 6) is -0.0644. The first-order valence-corrected chi connectivity index (χ1v) is 8.15. The zero-order chi connectivity index (χ0) is 13.3. The van der Waals surface area contributed by atoms with Crippen molar-refractivity contribution in [2.75, 3.05) is 5.75 Å². The summed E-state index contributed by atoms with van der Waals surface area (Å²) >= 11 is 0. The van der Waals surface area contributed by atoms with Crippen molar-refractivity contribution in [1.82, 2.24) is 9.55 Å². The van der Waals surface area contributed by atoms with E-state index in [0.29, 0.717) is 0 Å². The number of hydrogen-bond acceptors (Lipinski definition) is 5. The molecular formula is C8H15N3O4S2. The van der Waals surface area contributed by atoms with Gasteiger partial charge in [-0.2, -0.15) is 0 Å². The minimum absolute atomic E-state index is 0.0644.